The molecule has 1 aromatic rings. The van der Waals surface area contributed by atoms with E-state index in [-0.39, 0.29) is 11.1 Å². The van der Waals surface area contributed by atoms with Gasteiger partial charge < -0.3 is 15.3 Å². The summed E-state index contributed by atoms with van der Waals surface area (Å²) in [7, 11) is -1.88. The Kier molecular flexibility index (Phi) is 3.57. The van der Waals surface area contributed by atoms with Crippen molar-refractivity contribution >= 4 is 20.2 Å². The van der Waals surface area contributed by atoms with Crippen LogP contribution in [0.3, 0.4) is 0 Å². The van der Waals surface area contributed by atoms with Gasteiger partial charge in [-0.1, -0.05) is 0 Å². The van der Waals surface area contributed by atoms with Crippen LogP contribution in [0, 0.1) is 0 Å². The average Bonchev–Trinajstić information content (AvgIpc) is 2.14. The molecule has 1 aromatic carbocycles. The van der Waals surface area contributed by atoms with Crippen LogP contribution < -0.4 is 10.2 Å². The zero-order valence-corrected chi connectivity index (χ0v) is 11.0. The van der Waals surface area contributed by atoms with Crippen LogP contribution in [0.1, 0.15) is 20.7 Å². The summed E-state index contributed by atoms with van der Waals surface area (Å²) in [5.74, 6) is -1.45. The van der Waals surface area contributed by atoms with Crippen LogP contribution in [-0.2, 0) is 0 Å². The van der Waals surface area contributed by atoms with Crippen LogP contribution in [-0.4, -0.2) is 25.3 Å². The number of carboxylic acids is 1. The minimum absolute atomic E-state index is 0.0155. The lowest BCUT2D eigenvalue weighted by atomic mass is 10.1. The van der Waals surface area contributed by atoms with E-state index in [1.54, 1.807) is 0 Å². The van der Waals surface area contributed by atoms with Crippen LogP contribution in [0.5, 0.6) is 5.75 Å². The lowest BCUT2D eigenvalue weighted by Crippen LogP contribution is -2.30. The van der Waals surface area contributed by atoms with Crippen LogP contribution in [0.25, 0.3) is 0 Å². The van der Waals surface area contributed by atoms with Gasteiger partial charge in [0.2, 0.25) is 8.32 Å². The Morgan fingerprint density at radius 3 is 2.29 bits per heavy atom. The normalized spacial score (nSPS) is 11.0. The number of carbonyl (C=O) groups is 2. The van der Waals surface area contributed by atoms with Crippen molar-refractivity contribution in [3.8, 4) is 5.75 Å². The largest absolute Gasteiger partial charge is 0.544 e. The number of carboxylic acid groups (broad SMARTS) is 1. The maximum absolute atomic E-state index is 11.2. The van der Waals surface area contributed by atoms with Gasteiger partial charge in [-0.3, -0.25) is 4.79 Å². The molecule has 1 rings (SSSR count). The average molecular weight is 253 g/mol. The van der Waals surface area contributed by atoms with Gasteiger partial charge in [0, 0.05) is 0 Å². The van der Waals surface area contributed by atoms with Gasteiger partial charge in [0.1, 0.15) is 5.75 Å². The molecule has 0 fully saturated rings. The van der Waals surface area contributed by atoms with Gasteiger partial charge >= 0.3 is 5.97 Å². The van der Waals surface area contributed by atoms with Crippen LogP contribution in [0.4, 0.5) is 0 Å². The summed E-state index contributed by atoms with van der Waals surface area (Å²) >= 11 is 0. The first kappa shape index (κ1) is 13.2. The van der Waals surface area contributed by atoms with Crippen molar-refractivity contribution < 1.29 is 19.1 Å². The van der Waals surface area contributed by atoms with E-state index in [0.29, 0.717) is 5.75 Å². The summed E-state index contributed by atoms with van der Waals surface area (Å²) in [5, 5.41) is 8.83. The summed E-state index contributed by atoms with van der Waals surface area (Å²) in [6.07, 6.45) is 0. The standard InChI is InChI=1S/C11H15NO4Si/c1-17(2,3)16-9-5-4-7(11(14)15)6-8(9)10(12)13/h4-6H,1-3H3,(H2,12,13)(H,14,15). The van der Waals surface area contributed by atoms with E-state index in [4.69, 9.17) is 15.3 Å². The third-order valence-electron chi connectivity index (χ3n) is 1.91. The maximum atomic E-state index is 11.2. The molecule has 0 unspecified atom stereocenters. The van der Waals surface area contributed by atoms with E-state index in [9.17, 15) is 9.59 Å². The van der Waals surface area contributed by atoms with Crippen LogP contribution in [0.15, 0.2) is 18.2 Å². The number of carbonyl (C=O) groups excluding carboxylic acids is 1. The van der Waals surface area contributed by atoms with Crippen molar-refractivity contribution in [2.75, 3.05) is 0 Å². The summed E-state index contributed by atoms with van der Waals surface area (Å²) in [6, 6.07) is 4.10. The van der Waals surface area contributed by atoms with E-state index in [0.717, 1.165) is 0 Å². The van der Waals surface area contributed by atoms with Crippen molar-refractivity contribution in [1.29, 1.82) is 0 Å². The topological polar surface area (TPSA) is 89.6 Å². The Bertz CT molecular complexity index is 465. The number of primary amides is 1. The molecule has 0 atom stereocenters. The molecule has 5 nitrogen and oxygen atoms in total. The third kappa shape index (κ3) is 3.60. The highest BCUT2D eigenvalue weighted by atomic mass is 28.4. The molecule has 0 saturated heterocycles. The minimum atomic E-state index is -1.88. The van der Waals surface area contributed by atoms with Gasteiger partial charge in [-0.05, 0) is 37.8 Å². The predicted molar refractivity (Wildman–Crippen MR) is 65.9 cm³/mol. The molecule has 1 amide bonds. The SMILES string of the molecule is C[Si](C)(C)Oc1ccc(C(=O)O)cc1C(N)=O. The zero-order chi connectivity index (χ0) is 13.2. The number of hydrogen-bond acceptors (Lipinski definition) is 3. The minimum Gasteiger partial charge on any atom is -0.544 e. The molecule has 0 aromatic heterocycles. The first-order chi connectivity index (χ1) is 7.70. The Morgan fingerprint density at radius 1 is 1.29 bits per heavy atom. The summed E-state index contributed by atoms with van der Waals surface area (Å²) < 4.78 is 5.67. The van der Waals surface area contributed by atoms with Crippen molar-refractivity contribution in [1.82, 2.24) is 0 Å². The summed E-state index contributed by atoms with van der Waals surface area (Å²) in [4.78, 5) is 22.0. The molecule has 0 aliphatic heterocycles. The molecule has 0 saturated carbocycles. The van der Waals surface area contributed by atoms with Gasteiger partial charge in [-0.15, -0.1) is 0 Å². The summed E-state index contributed by atoms with van der Waals surface area (Å²) in [5.41, 5.74) is 5.33. The molecule has 3 N–H and O–H groups in total. The molecule has 0 radical (unpaired) electrons. The summed E-state index contributed by atoms with van der Waals surface area (Å²) in [6.45, 7) is 5.88. The number of amides is 1. The molecular formula is C11H15NO4Si. The Hall–Kier alpha value is -1.82. The number of hydrogen-bond donors (Lipinski definition) is 2. The fourth-order valence-electron chi connectivity index (χ4n) is 1.27. The van der Waals surface area contributed by atoms with E-state index in [1.807, 2.05) is 19.6 Å². The van der Waals surface area contributed by atoms with Crippen LogP contribution >= 0.6 is 0 Å². The monoisotopic (exact) mass is 253 g/mol. The second kappa shape index (κ2) is 4.58. The van der Waals surface area contributed by atoms with Gasteiger partial charge in [-0.2, -0.15) is 0 Å². The maximum Gasteiger partial charge on any atom is 0.335 e. The predicted octanol–water partition coefficient (Wildman–Crippen LogP) is 1.70. The molecule has 0 heterocycles. The molecule has 6 heteroatoms. The van der Waals surface area contributed by atoms with E-state index in [2.05, 4.69) is 0 Å². The highest BCUT2D eigenvalue weighted by molar-refractivity contribution is 6.70. The lowest BCUT2D eigenvalue weighted by molar-refractivity contribution is 0.0697. The number of rotatable bonds is 4. The quantitative estimate of drug-likeness (QED) is 0.799. The first-order valence-corrected chi connectivity index (χ1v) is 8.48. The molecular weight excluding hydrogens is 238 g/mol. The number of aromatic carboxylic acids is 1. The van der Waals surface area contributed by atoms with Crippen molar-refractivity contribution in [3.63, 3.8) is 0 Å². The Labute approximate surface area is 100 Å². The molecule has 0 bridgehead atoms. The van der Waals surface area contributed by atoms with Crippen LogP contribution in [0.2, 0.25) is 19.6 Å². The molecule has 0 aliphatic rings. The molecule has 17 heavy (non-hydrogen) atoms. The second-order valence-corrected chi connectivity index (χ2v) is 9.02. The molecule has 0 aliphatic carbocycles. The fraction of sp³-hybridized carbons (Fsp3) is 0.273. The molecule has 92 valence electrons. The van der Waals surface area contributed by atoms with E-state index >= 15 is 0 Å². The fourth-order valence-corrected chi connectivity index (χ4v) is 2.11. The van der Waals surface area contributed by atoms with Crippen molar-refractivity contribution in [2.45, 2.75) is 19.6 Å². The third-order valence-corrected chi connectivity index (χ3v) is 2.74. The Balaban J connectivity index is 3.23. The van der Waals surface area contributed by atoms with Crippen molar-refractivity contribution in [2.24, 2.45) is 5.73 Å². The smallest absolute Gasteiger partial charge is 0.335 e. The Morgan fingerprint density at radius 2 is 1.88 bits per heavy atom. The van der Waals surface area contributed by atoms with E-state index in [1.165, 1.54) is 18.2 Å². The lowest BCUT2D eigenvalue weighted by Gasteiger charge is -2.21. The van der Waals surface area contributed by atoms with E-state index < -0.39 is 20.2 Å². The van der Waals surface area contributed by atoms with Gasteiger partial charge in [0.25, 0.3) is 5.91 Å². The number of benzene rings is 1. The highest BCUT2D eigenvalue weighted by Gasteiger charge is 2.21. The second-order valence-electron chi connectivity index (χ2n) is 4.59. The zero-order valence-electron chi connectivity index (χ0n) is 9.98. The number of nitrogens with two attached hydrogens (primary N) is 1. The molecule has 0 spiro atoms. The van der Waals surface area contributed by atoms with Gasteiger partial charge in [-0.25, -0.2) is 4.79 Å². The van der Waals surface area contributed by atoms with Crippen molar-refractivity contribution in [3.05, 3.63) is 29.3 Å². The first-order valence-electron chi connectivity index (χ1n) is 5.07. The highest BCUT2D eigenvalue weighted by Crippen LogP contribution is 2.23. The van der Waals surface area contributed by atoms with Gasteiger partial charge in [0.05, 0.1) is 11.1 Å². The van der Waals surface area contributed by atoms with Gasteiger partial charge in [0.15, 0.2) is 0 Å².